The number of benzene rings is 4. The van der Waals surface area contributed by atoms with Crippen LogP contribution in [0.5, 0.6) is 0 Å². The molecule has 0 aromatic heterocycles. The zero-order valence-electron chi connectivity index (χ0n) is 27.0. The standard InChI is InChI=1S/C23H29Br.C12BF11/c1-21(2,3)14-9-10-16-17(11-14)23(7,8)18-12-15(22(4,5)6)13-19(24)20(16)18;14-3-1(4(15)8(19)11(22)7(3)18)13(24)2-5(16)9(20)12(23)10(21)6(2)17/h9-13H,1-8H3;. The molecule has 0 radical (unpaired) electrons. The van der Waals surface area contributed by atoms with Crippen LogP contribution in [0.3, 0.4) is 0 Å². The Morgan fingerprint density at radius 3 is 1.25 bits per heavy atom. The predicted octanol–water partition coefficient (Wildman–Crippen LogP) is 10.5. The second-order valence-electron chi connectivity index (χ2n) is 14.1. The van der Waals surface area contributed by atoms with Gasteiger partial charge in [0.25, 0.3) is 0 Å². The topological polar surface area (TPSA) is 0 Å². The van der Waals surface area contributed by atoms with Crippen LogP contribution >= 0.6 is 15.9 Å². The van der Waals surface area contributed by atoms with Gasteiger partial charge in [-0.1, -0.05) is 95.6 Å². The summed E-state index contributed by atoms with van der Waals surface area (Å²) in [4.78, 5) is 0. The van der Waals surface area contributed by atoms with E-state index in [4.69, 9.17) is 0 Å². The molecule has 5 rings (SSSR count). The van der Waals surface area contributed by atoms with Crippen molar-refractivity contribution in [1.82, 2.24) is 0 Å². The van der Waals surface area contributed by atoms with Crippen molar-refractivity contribution in [1.29, 1.82) is 0 Å². The maximum Gasteiger partial charge on any atom is 0.425 e. The van der Waals surface area contributed by atoms with Crippen molar-refractivity contribution in [2.75, 3.05) is 0 Å². The van der Waals surface area contributed by atoms with Crippen LogP contribution in [-0.4, -0.2) is 6.99 Å². The molecule has 0 atom stereocenters. The summed E-state index contributed by atoms with van der Waals surface area (Å²) in [5, 5.41) is 0. The Kier molecular flexibility index (Phi) is 9.77. The quantitative estimate of drug-likeness (QED) is 0.0829. The van der Waals surface area contributed by atoms with Gasteiger partial charge in [0.1, 0.15) is 0 Å². The molecule has 0 heterocycles. The Morgan fingerprint density at radius 1 is 0.521 bits per heavy atom. The zero-order chi connectivity index (χ0) is 36.6. The minimum Gasteiger partial charge on any atom is -0.322 e. The van der Waals surface area contributed by atoms with Gasteiger partial charge in [-0.05, 0) is 44.7 Å². The summed E-state index contributed by atoms with van der Waals surface area (Å²) >= 11 is 3.87. The predicted molar refractivity (Wildman–Crippen MR) is 168 cm³/mol. The molecule has 0 bridgehead atoms. The molecular weight excluding hydrogens is 720 g/mol. The first-order valence-corrected chi connectivity index (χ1v) is 15.3. The van der Waals surface area contributed by atoms with E-state index in [1.165, 1.54) is 37.9 Å². The second-order valence-corrected chi connectivity index (χ2v) is 15.0. The minimum absolute atomic E-state index is 0.0374. The molecule has 0 unspecified atom stereocenters. The first-order valence-electron chi connectivity index (χ1n) is 14.5. The monoisotopic (exact) mass is 748 g/mol. The molecule has 0 saturated carbocycles. The van der Waals surface area contributed by atoms with Gasteiger partial charge in [-0.2, -0.15) is 0 Å². The molecule has 13 heteroatoms. The highest BCUT2D eigenvalue weighted by molar-refractivity contribution is 9.10. The van der Waals surface area contributed by atoms with Gasteiger partial charge in [-0.3, -0.25) is 0 Å². The molecule has 0 fully saturated rings. The van der Waals surface area contributed by atoms with Gasteiger partial charge in [-0.15, -0.1) is 0 Å². The maximum absolute atomic E-state index is 14.0. The Hall–Kier alpha value is -3.35. The molecule has 1 aliphatic carbocycles. The molecule has 0 amide bonds. The van der Waals surface area contributed by atoms with Gasteiger partial charge in [0.05, 0.1) is 0 Å². The van der Waals surface area contributed by atoms with E-state index >= 15 is 0 Å². The second kappa shape index (κ2) is 12.5. The molecule has 0 N–H and O–H groups in total. The van der Waals surface area contributed by atoms with Crippen LogP contribution in [0.4, 0.5) is 48.2 Å². The first-order chi connectivity index (χ1) is 21.8. The van der Waals surface area contributed by atoms with E-state index in [1.807, 2.05) is 0 Å². The molecular formula is C35H29BBrF11. The molecule has 48 heavy (non-hydrogen) atoms. The minimum atomic E-state index is -3.86. The Bertz CT molecular complexity index is 1830. The van der Waals surface area contributed by atoms with Gasteiger partial charge in [0, 0.05) is 26.4 Å². The fourth-order valence-corrected chi connectivity index (χ4v) is 6.20. The van der Waals surface area contributed by atoms with Gasteiger partial charge >= 0.3 is 6.99 Å². The van der Waals surface area contributed by atoms with E-state index < -0.39 is 76.1 Å². The number of hydrogen-bond donors (Lipinski definition) is 0. The number of rotatable bonds is 2. The summed E-state index contributed by atoms with van der Waals surface area (Å²) in [5.41, 5.74) is 4.05. The van der Waals surface area contributed by atoms with Gasteiger partial charge in [0.2, 0.25) is 0 Å². The highest BCUT2D eigenvalue weighted by atomic mass is 79.9. The van der Waals surface area contributed by atoms with Gasteiger partial charge < -0.3 is 4.32 Å². The van der Waals surface area contributed by atoms with Crippen LogP contribution < -0.4 is 10.9 Å². The van der Waals surface area contributed by atoms with Crippen LogP contribution in [0.1, 0.15) is 77.6 Å². The Morgan fingerprint density at radius 2 is 0.875 bits per heavy atom. The van der Waals surface area contributed by atoms with Gasteiger partial charge in [-0.25, -0.2) is 43.9 Å². The van der Waals surface area contributed by atoms with E-state index in [1.54, 1.807) is 0 Å². The van der Waals surface area contributed by atoms with Crippen LogP contribution in [0.25, 0.3) is 11.1 Å². The fourth-order valence-electron chi connectivity index (χ4n) is 5.53. The van der Waals surface area contributed by atoms with Crippen molar-refractivity contribution in [2.24, 2.45) is 0 Å². The lowest BCUT2D eigenvalue weighted by Crippen LogP contribution is -2.48. The summed E-state index contributed by atoms with van der Waals surface area (Å²) in [6.07, 6.45) is 0. The molecule has 4 aromatic rings. The number of halogens is 12. The average molecular weight is 749 g/mol. The number of fused-ring (bicyclic) bond motifs is 3. The molecule has 0 saturated heterocycles. The Balaban J connectivity index is 0.000000217. The molecule has 1 aliphatic rings. The van der Waals surface area contributed by atoms with Crippen molar-refractivity contribution in [3.63, 3.8) is 0 Å². The molecule has 256 valence electrons. The van der Waals surface area contributed by atoms with Crippen LogP contribution in [-0.2, 0) is 16.2 Å². The average Bonchev–Trinajstić information content (AvgIpc) is 3.23. The summed E-state index contributed by atoms with van der Waals surface area (Å²) in [7, 11) is 0. The van der Waals surface area contributed by atoms with E-state index in [0.29, 0.717) is 0 Å². The highest BCUT2D eigenvalue weighted by Crippen LogP contribution is 2.53. The largest absolute Gasteiger partial charge is 0.425 e. The van der Waals surface area contributed by atoms with Crippen LogP contribution in [0, 0.1) is 58.2 Å². The summed E-state index contributed by atoms with van der Waals surface area (Å²) in [6, 6.07) is 11.8. The lowest BCUT2D eigenvalue weighted by Gasteiger charge is -2.27. The lowest BCUT2D eigenvalue weighted by atomic mass is 9.57. The Labute approximate surface area is 279 Å². The van der Waals surface area contributed by atoms with Crippen molar-refractivity contribution in [2.45, 2.75) is 71.6 Å². The van der Waals surface area contributed by atoms with Crippen molar-refractivity contribution in [3.05, 3.63) is 115 Å². The lowest BCUT2D eigenvalue weighted by molar-refractivity contribution is 0.381. The van der Waals surface area contributed by atoms with Gasteiger partial charge in [0.15, 0.2) is 58.2 Å². The maximum atomic E-state index is 14.0. The summed E-state index contributed by atoms with van der Waals surface area (Å²) < 4.78 is 146. The fraction of sp³-hybridized carbons (Fsp3) is 0.314. The third-order valence-electron chi connectivity index (χ3n) is 8.45. The van der Waals surface area contributed by atoms with E-state index in [0.717, 1.165) is 0 Å². The third-order valence-corrected chi connectivity index (χ3v) is 9.08. The number of hydrogen-bond acceptors (Lipinski definition) is 0. The van der Waals surface area contributed by atoms with Crippen LogP contribution in [0.15, 0.2) is 34.8 Å². The molecule has 0 spiro atoms. The SMILES string of the molecule is CC(C)(C)c1ccc2c(c1)C(C)(C)c1cc(C(C)(C)C)cc(Br)c1-2.FB(c1c(F)c(F)c(F)c(F)c1F)c1c(F)c(F)c(F)c(F)c1F. The van der Waals surface area contributed by atoms with Crippen molar-refractivity contribution >= 4 is 33.8 Å². The zero-order valence-corrected chi connectivity index (χ0v) is 28.6. The van der Waals surface area contributed by atoms with Crippen LogP contribution in [0.2, 0.25) is 0 Å². The molecule has 0 nitrogen and oxygen atoms in total. The normalized spacial score (nSPS) is 13.6. The third kappa shape index (κ3) is 6.16. The summed E-state index contributed by atoms with van der Waals surface area (Å²) in [6.45, 7) is 14.6. The molecule has 4 aromatic carbocycles. The van der Waals surface area contributed by atoms with Crippen molar-refractivity contribution in [3.8, 4) is 11.1 Å². The summed E-state index contributed by atoms with van der Waals surface area (Å²) in [5.74, 6) is -27.3. The van der Waals surface area contributed by atoms with Crippen molar-refractivity contribution < 1.29 is 48.2 Å². The van der Waals surface area contributed by atoms with E-state index in [-0.39, 0.29) is 16.2 Å². The highest BCUT2D eigenvalue weighted by Gasteiger charge is 2.41. The first kappa shape index (κ1) is 37.5. The smallest absolute Gasteiger partial charge is 0.322 e. The van der Waals surface area contributed by atoms with E-state index in [9.17, 15) is 48.2 Å². The van der Waals surface area contributed by atoms with E-state index in [2.05, 4.69) is 102 Å². The molecule has 0 aliphatic heterocycles.